The Morgan fingerprint density at radius 2 is 1.48 bits per heavy atom. The van der Waals surface area contributed by atoms with Gasteiger partial charge in [0.05, 0.1) is 5.56 Å². The van der Waals surface area contributed by atoms with Crippen molar-refractivity contribution in [1.82, 2.24) is 9.80 Å². The van der Waals surface area contributed by atoms with E-state index in [0.29, 0.717) is 11.3 Å². The first-order chi connectivity index (χ1) is 15.6. The molecule has 10 heteroatoms. The van der Waals surface area contributed by atoms with Crippen LogP contribution in [0.15, 0.2) is 48.5 Å². The summed E-state index contributed by atoms with van der Waals surface area (Å²) in [5.41, 5.74) is -0.0249. The Kier molecular flexibility index (Phi) is 6.09. The average molecular weight is 463 g/mol. The summed E-state index contributed by atoms with van der Waals surface area (Å²) < 4.78 is 52.5. The van der Waals surface area contributed by atoms with Gasteiger partial charge in [-0.1, -0.05) is 18.2 Å². The first kappa shape index (κ1) is 22.8. The van der Waals surface area contributed by atoms with Crippen molar-refractivity contribution in [2.75, 3.05) is 31.1 Å². The van der Waals surface area contributed by atoms with Gasteiger partial charge in [-0.05, 0) is 35.9 Å². The van der Waals surface area contributed by atoms with Crippen LogP contribution in [0.3, 0.4) is 0 Å². The number of hydrogen-bond acceptors (Lipinski definition) is 4. The number of amides is 3. The summed E-state index contributed by atoms with van der Waals surface area (Å²) in [7, 11) is 0. The maximum Gasteiger partial charge on any atom is 0.416 e. The second kappa shape index (κ2) is 8.84. The molecule has 2 aromatic carbocycles. The molecule has 1 atom stereocenters. The van der Waals surface area contributed by atoms with Gasteiger partial charge < -0.3 is 9.80 Å². The first-order valence-corrected chi connectivity index (χ1v) is 10.5. The number of rotatable bonds is 4. The zero-order valence-electron chi connectivity index (χ0n) is 17.5. The highest BCUT2D eigenvalue weighted by molar-refractivity contribution is 6.05. The van der Waals surface area contributed by atoms with Gasteiger partial charge in [-0.2, -0.15) is 13.2 Å². The molecule has 2 fully saturated rings. The molecular formula is C23H21F4N3O3. The first-order valence-electron chi connectivity index (χ1n) is 10.5. The lowest BCUT2D eigenvalue weighted by Crippen LogP contribution is -2.53. The number of anilines is 1. The van der Waals surface area contributed by atoms with Crippen LogP contribution in [0.4, 0.5) is 23.2 Å². The van der Waals surface area contributed by atoms with E-state index in [0.717, 1.165) is 29.2 Å². The van der Waals surface area contributed by atoms with Crippen LogP contribution in [-0.2, 0) is 20.6 Å². The third kappa shape index (κ3) is 4.69. The van der Waals surface area contributed by atoms with Crippen molar-refractivity contribution in [3.8, 4) is 0 Å². The molecule has 0 aromatic heterocycles. The van der Waals surface area contributed by atoms with Crippen LogP contribution in [0.1, 0.15) is 30.0 Å². The minimum atomic E-state index is -4.45. The van der Waals surface area contributed by atoms with Crippen LogP contribution in [0.25, 0.3) is 0 Å². The third-order valence-corrected chi connectivity index (χ3v) is 5.90. The predicted octanol–water partition coefficient (Wildman–Crippen LogP) is 3.38. The number of halogens is 4. The Hall–Kier alpha value is -3.43. The molecule has 2 aliphatic heterocycles. The Bertz CT molecular complexity index is 1050. The highest BCUT2D eigenvalue weighted by atomic mass is 19.4. The van der Waals surface area contributed by atoms with Crippen molar-refractivity contribution < 1.29 is 31.9 Å². The van der Waals surface area contributed by atoms with Crippen LogP contribution >= 0.6 is 0 Å². The van der Waals surface area contributed by atoms with E-state index in [4.69, 9.17) is 0 Å². The van der Waals surface area contributed by atoms with E-state index in [1.807, 2.05) is 0 Å². The molecule has 33 heavy (non-hydrogen) atoms. The summed E-state index contributed by atoms with van der Waals surface area (Å²) in [6.45, 7) is 0.960. The Balaban J connectivity index is 1.52. The highest BCUT2D eigenvalue weighted by Crippen LogP contribution is 2.33. The van der Waals surface area contributed by atoms with E-state index < -0.39 is 41.3 Å². The number of likely N-dealkylation sites (tertiary alicyclic amines) is 1. The second-order valence-electron chi connectivity index (χ2n) is 7.97. The quantitative estimate of drug-likeness (QED) is 0.515. The molecule has 0 radical (unpaired) electrons. The summed E-state index contributed by atoms with van der Waals surface area (Å²) in [5.74, 6) is -1.93. The van der Waals surface area contributed by atoms with E-state index in [-0.39, 0.29) is 39.0 Å². The van der Waals surface area contributed by atoms with E-state index in [1.54, 1.807) is 11.0 Å². The molecule has 2 heterocycles. The van der Waals surface area contributed by atoms with Gasteiger partial charge in [0.25, 0.3) is 5.91 Å². The fourth-order valence-electron chi connectivity index (χ4n) is 4.17. The van der Waals surface area contributed by atoms with Crippen molar-refractivity contribution >= 4 is 23.4 Å². The van der Waals surface area contributed by atoms with E-state index in [9.17, 15) is 31.9 Å². The normalized spacial score (nSPS) is 18.1. The number of nitrogens with zero attached hydrogens (tertiary/aromatic N) is 3. The molecule has 6 nitrogen and oxygen atoms in total. The van der Waals surface area contributed by atoms with Gasteiger partial charge in [-0.25, -0.2) is 4.39 Å². The molecule has 0 bridgehead atoms. The second-order valence-corrected chi connectivity index (χ2v) is 7.97. The molecule has 2 aromatic rings. The van der Waals surface area contributed by atoms with Crippen LogP contribution in [-0.4, -0.2) is 53.7 Å². The molecule has 2 aliphatic rings. The number of hydrogen-bond donors (Lipinski definition) is 0. The number of alkyl halides is 3. The molecule has 4 rings (SSSR count). The molecule has 2 saturated heterocycles. The molecule has 174 valence electrons. The van der Waals surface area contributed by atoms with Crippen LogP contribution < -0.4 is 4.90 Å². The largest absolute Gasteiger partial charge is 0.416 e. The minimum absolute atomic E-state index is 0.00708. The number of piperazine rings is 1. The monoisotopic (exact) mass is 463 g/mol. The number of imide groups is 1. The lowest BCUT2D eigenvalue weighted by atomic mass is 10.0. The van der Waals surface area contributed by atoms with Crippen LogP contribution in [0.2, 0.25) is 0 Å². The van der Waals surface area contributed by atoms with Gasteiger partial charge in [0, 0.05) is 44.7 Å². The zero-order chi connectivity index (χ0) is 23.8. The third-order valence-electron chi connectivity index (χ3n) is 5.90. The summed E-state index contributed by atoms with van der Waals surface area (Å²) in [6.07, 6.45) is -4.44. The summed E-state index contributed by atoms with van der Waals surface area (Å²) in [6, 6.07) is 8.85. The maximum atomic E-state index is 13.4. The predicted molar refractivity (Wildman–Crippen MR) is 110 cm³/mol. The molecule has 0 saturated carbocycles. The number of benzene rings is 2. The molecule has 0 N–H and O–H groups in total. The van der Waals surface area contributed by atoms with Crippen molar-refractivity contribution in [2.24, 2.45) is 0 Å². The lowest BCUT2D eigenvalue weighted by molar-refractivity contribution is -0.151. The summed E-state index contributed by atoms with van der Waals surface area (Å²) in [5, 5.41) is 0. The fraction of sp³-hybridized carbons (Fsp3) is 0.348. The van der Waals surface area contributed by atoms with Gasteiger partial charge in [0.2, 0.25) is 11.8 Å². The van der Waals surface area contributed by atoms with Crippen LogP contribution in [0, 0.1) is 5.82 Å². The van der Waals surface area contributed by atoms with Gasteiger partial charge in [0.15, 0.2) is 0 Å². The average Bonchev–Trinajstić information content (AvgIpc) is 3.13. The Morgan fingerprint density at radius 1 is 0.879 bits per heavy atom. The molecule has 3 amide bonds. The van der Waals surface area contributed by atoms with Crippen molar-refractivity contribution in [3.05, 3.63) is 65.5 Å². The lowest BCUT2D eigenvalue weighted by Gasteiger charge is -2.39. The maximum absolute atomic E-state index is 13.4. The number of carbonyl (C=O) groups is 3. The van der Waals surface area contributed by atoms with E-state index in [1.165, 1.54) is 23.1 Å². The van der Waals surface area contributed by atoms with Crippen LogP contribution in [0.5, 0.6) is 0 Å². The minimum Gasteiger partial charge on any atom is -0.368 e. The zero-order valence-corrected chi connectivity index (χ0v) is 17.5. The van der Waals surface area contributed by atoms with E-state index >= 15 is 0 Å². The topological polar surface area (TPSA) is 60.9 Å². The van der Waals surface area contributed by atoms with Gasteiger partial charge in [0.1, 0.15) is 11.9 Å². The molecular weight excluding hydrogens is 442 g/mol. The van der Waals surface area contributed by atoms with Gasteiger partial charge >= 0.3 is 6.18 Å². The summed E-state index contributed by atoms with van der Waals surface area (Å²) in [4.78, 5) is 42.3. The molecule has 0 spiro atoms. The Morgan fingerprint density at radius 3 is 2.06 bits per heavy atom. The van der Waals surface area contributed by atoms with Crippen molar-refractivity contribution in [3.63, 3.8) is 0 Å². The van der Waals surface area contributed by atoms with Crippen molar-refractivity contribution in [1.29, 1.82) is 0 Å². The van der Waals surface area contributed by atoms with E-state index in [2.05, 4.69) is 0 Å². The van der Waals surface area contributed by atoms with Crippen molar-refractivity contribution in [2.45, 2.75) is 25.1 Å². The number of carbonyl (C=O) groups excluding carboxylic acids is 3. The SMILES string of the molecule is O=C(C(c1ccc(F)cc1)N1C(=O)CCC1=O)N1CCN(c2cccc(C(F)(F)F)c2)CC1. The smallest absolute Gasteiger partial charge is 0.368 e. The highest BCUT2D eigenvalue weighted by Gasteiger charge is 2.42. The Labute approximate surface area is 187 Å². The summed E-state index contributed by atoms with van der Waals surface area (Å²) >= 11 is 0. The van der Waals surface area contributed by atoms with Gasteiger partial charge in [-0.3, -0.25) is 19.3 Å². The van der Waals surface area contributed by atoms with Gasteiger partial charge in [-0.15, -0.1) is 0 Å². The molecule has 0 aliphatic carbocycles. The molecule has 1 unspecified atom stereocenters. The fourth-order valence-corrected chi connectivity index (χ4v) is 4.17. The standard InChI is InChI=1S/C23H21F4N3O3/c24-17-6-4-15(5-7-17)21(30-19(31)8-9-20(30)32)22(33)29-12-10-28(11-13-29)18-3-1-2-16(14-18)23(25,26)27/h1-7,14,21H,8-13H2.